The normalized spacial score (nSPS) is 11.3. The maximum absolute atomic E-state index is 5.46. The third-order valence-corrected chi connectivity index (χ3v) is 2.84. The highest BCUT2D eigenvalue weighted by Crippen LogP contribution is 2.39. The maximum Gasteiger partial charge on any atom is 0.203 e. The molecular weight excluding hydrogens is 242 g/mol. The van der Waals surface area contributed by atoms with E-state index in [4.69, 9.17) is 14.2 Å². The molecule has 0 fully saturated rings. The Bertz CT molecular complexity index is 411. The van der Waals surface area contributed by atoms with Gasteiger partial charge in [0.2, 0.25) is 5.75 Å². The first-order valence-corrected chi connectivity index (χ1v) is 6.45. The first kappa shape index (κ1) is 15.6. The second-order valence-corrected chi connectivity index (χ2v) is 5.42. The van der Waals surface area contributed by atoms with E-state index in [-0.39, 0.29) is 5.54 Å². The summed E-state index contributed by atoms with van der Waals surface area (Å²) in [4.78, 5) is 0. The second-order valence-electron chi connectivity index (χ2n) is 5.42. The van der Waals surface area contributed by atoms with E-state index in [1.807, 2.05) is 12.1 Å². The van der Waals surface area contributed by atoms with Crippen molar-refractivity contribution in [2.75, 3.05) is 27.9 Å². The molecule has 1 rings (SSSR count). The van der Waals surface area contributed by atoms with E-state index in [1.54, 1.807) is 21.3 Å². The number of hydrogen-bond acceptors (Lipinski definition) is 4. The predicted molar refractivity (Wildman–Crippen MR) is 77.6 cm³/mol. The fourth-order valence-corrected chi connectivity index (χ4v) is 1.93. The monoisotopic (exact) mass is 267 g/mol. The largest absolute Gasteiger partial charge is 0.493 e. The van der Waals surface area contributed by atoms with Gasteiger partial charge < -0.3 is 19.5 Å². The molecule has 4 heteroatoms. The van der Waals surface area contributed by atoms with Crippen molar-refractivity contribution in [1.29, 1.82) is 0 Å². The molecule has 0 saturated heterocycles. The minimum atomic E-state index is 0.115. The van der Waals surface area contributed by atoms with Gasteiger partial charge in [-0.2, -0.15) is 0 Å². The van der Waals surface area contributed by atoms with Crippen molar-refractivity contribution in [2.24, 2.45) is 0 Å². The minimum absolute atomic E-state index is 0.115. The lowest BCUT2D eigenvalue weighted by molar-refractivity contribution is 0.321. The Kier molecular flexibility index (Phi) is 5.48. The molecular formula is C15H25NO3. The summed E-state index contributed by atoms with van der Waals surface area (Å²) in [6.45, 7) is 7.34. The van der Waals surface area contributed by atoms with Crippen LogP contribution in [0.2, 0.25) is 0 Å². The van der Waals surface area contributed by atoms with Gasteiger partial charge in [0.15, 0.2) is 11.5 Å². The van der Waals surface area contributed by atoms with Gasteiger partial charge >= 0.3 is 0 Å². The number of methoxy groups -OCH3 is 3. The van der Waals surface area contributed by atoms with Gasteiger partial charge in [0.25, 0.3) is 0 Å². The quantitative estimate of drug-likeness (QED) is 0.860. The highest BCUT2D eigenvalue weighted by molar-refractivity contribution is 5.55. The number of hydrogen-bond donors (Lipinski definition) is 1. The smallest absolute Gasteiger partial charge is 0.203 e. The van der Waals surface area contributed by atoms with Crippen LogP contribution >= 0.6 is 0 Å². The third-order valence-electron chi connectivity index (χ3n) is 2.84. The highest BCUT2D eigenvalue weighted by atomic mass is 16.5. The first-order chi connectivity index (χ1) is 8.92. The summed E-state index contributed by atoms with van der Waals surface area (Å²) in [7, 11) is 4.90. The zero-order valence-electron chi connectivity index (χ0n) is 12.8. The van der Waals surface area contributed by atoms with Crippen LogP contribution in [0.1, 0.15) is 26.3 Å². The van der Waals surface area contributed by atoms with Crippen LogP contribution in [0, 0.1) is 0 Å². The molecule has 1 N–H and O–H groups in total. The number of rotatable bonds is 6. The van der Waals surface area contributed by atoms with Crippen LogP contribution in [0.15, 0.2) is 12.1 Å². The molecule has 19 heavy (non-hydrogen) atoms. The van der Waals surface area contributed by atoms with Crippen molar-refractivity contribution in [3.05, 3.63) is 17.7 Å². The Labute approximate surface area is 116 Å². The van der Waals surface area contributed by atoms with Crippen LogP contribution in [0.25, 0.3) is 0 Å². The van der Waals surface area contributed by atoms with E-state index in [2.05, 4.69) is 26.1 Å². The summed E-state index contributed by atoms with van der Waals surface area (Å²) < 4.78 is 16.1. The topological polar surface area (TPSA) is 39.7 Å². The van der Waals surface area contributed by atoms with Gasteiger partial charge in [0.05, 0.1) is 21.3 Å². The fourth-order valence-electron chi connectivity index (χ4n) is 1.93. The van der Waals surface area contributed by atoms with E-state index in [0.29, 0.717) is 11.5 Å². The molecule has 0 atom stereocenters. The molecule has 0 amide bonds. The van der Waals surface area contributed by atoms with Crippen LogP contribution in [0.5, 0.6) is 17.2 Å². The van der Waals surface area contributed by atoms with Crippen molar-refractivity contribution in [1.82, 2.24) is 5.32 Å². The maximum atomic E-state index is 5.46. The molecule has 1 aromatic carbocycles. The predicted octanol–water partition coefficient (Wildman–Crippen LogP) is 2.64. The Morgan fingerprint density at radius 3 is 2.05 bits per heavy atom. The number of nitrogens with one attached hydrogen (secondary N) is 1. The summed E-state index contributed by atoms with van der Waals surface area (Å²) in [5.74, 6) is 2.09. The van der Waals surface area contributed by atoms with Crippen LogP contribution in [-0.4, -0.2) is 33.4 Å². The van der Waals surface area contributed by atoms with E-state index in [9.17, 15) is 0 Å². The molecule has 0 saturated carbocycles. The summed E-state index contributed by atoms with van der Waals surface area (Å²) in [6.07, 6.45) is 0.876. The standard InChI is InChI=1S/C15H25NO3/c1-15(2,3)16-10-9-11-7-8-12(17-4)14(19-6)13(11)18-5/h7-8,16H,9-10H2,1-6H3. The Morgan fingerprint density at radius 1 is 0.947 bits per heavy atom. The fraction of sp³-hybridized carbons (Fsp3) is 0.600. The Morgan fingerprint density at radius 2 is 1.58 bits per heavy atom. The van der Waals surface area contributed by atoms with Gasteiger partial charge in [-0.3, -0.25) is 0 Å². The highest BCUT2D eigenvalue weighted by Gasteiger charge is 2.16. The molecule has 4 nitrogen and oxygen atoms in total. The van der Waals surface area contributed by atoms with Gasteiger partial charge in [-0.1, -0.05) is 6.07 Å². The first-order valence-electron chi connectivity index (χ1n) is 6.45. The zero-order valence-corrected chi connectivity index (χ0v) is 12.8. The molecule has 0 radical (unpaired) electrons. The molecule has 1 aromatic rings. The summed E-state index contributed by atoms with van der Waals surface area (Å²) in [5.41, 5.74) is 1.22. The van der Waals surface area contributed by atoms with Gasteiger partial charge in [-0.15, -0.1) is 0 Å². The van der Waals surface area contributed by atoms with Crippen LogP contribution in [0.4, 0.5) is 0 Å². The molecule has 0 aliphatic carbocycles. The van der Waals surface area contributed by atoms with E-state index >= 15 is 0 Å². The van der Waals surface area contributed by atoms with Gasteiger partial charge in [-0.25, -0.2) is 0 Å². The lowest BCUT2D eigenvalue weighted by Crippen LogP contribution is -2.37. The van der Waals surface area contributed by atoms with Crippen LogP contribution < -0.4 is 19.5 Å². The van der Waals surface area contributed by atoms with Crippen molar-refractivity contribution in [2.45, 2.75) is 32.7 Å². The Hall–Kier alpha value is -1.42. The van der Waals surface area contributed by atoms with Crippen molar-refractivity contribution in [3.63, 3.8) is 0 Å². The number of benzene rings is 1. The third kappa shape index (κ3) is 4.31. The van der Waals surface area contributed by atoms with E-state index in [1.165, 1.54) is 0 Å². The van der Waals surface area contributed by atoms with E-state index in [0.717, 1.165) is 24.3 Å². The average Bonchev–Trinajstić information content (AvgIpc) is 2.36. The zero-order chi connectivity index (χ0) is 14.5. The molecule has 0 aliphatic heterocycles. The van der Waals surface area contributed by atoms with E-state index < -0.39 is 0 Å². The van der Waals surface area contributed by atoms with Crippen molar-refractivity contribution in [3.8, 4) is 17.2 Å². The molecule has 0 aliphatic rings. The molecule has 108 valence electrons. The summed E-state index contributed by atoms with van der Waals surface area (Å²) in [6, 6.07) is 3.93. The molecule has 0 aromatic heterocycles. The summed E-state index contributed by atoms with van der Waals surface area (Å²) >= 11 is 0. The van der Waals surface area contributed by atoms with Gasteiger partial charge in [0, 0.05) is 5.54 Å². The minimum Gasteiger partial charge on any atom is -0.493 e. The molecule has 0 unspecified atom stereocenters. The lowest BCUT2D eigenvalue weighted by atomic mass is 10.1. The van der Waals surface area contributed by atoms with Crippen molar-refractivity contribution >= 4 is 0 Å². The van der Waals surface area contributed by atoms with Gasteiger partial charge in [0.1, 0.15) is 0 Å². The van der Waals surface area contributed by atoms with Crippen LogP contribution in [-0.2, 0) is 6.42 Å². The molecule has 0 heterocycles. The average molecular weight is 267 g/mol. The summed E-state index contributed by atoms with van der Waals surface area (Å²) in [5, 5.41) is 3.46. The SMILES string of the molecule is COc1ccc(CCNC(C)(C)C)c(OC)c1OC. The van der Waals surface area contributed by atoms with Crippen molar-refractivity contribution < 1.29 is 14.2 Å². The van der Waals surface area contributed by atoms with Crippen LogP contribution in [0.3, 0.4) is 0 Å². The van der Waals surface area contributed by atoms with Gasteiger partial charge in [-0.05, 0) is 45.4 Å². The number of ether oxygens (including phenoxy) is 3. The molecule has 0 spiro atoms. The lowest BCUT2D eigenvalue weighted by Gasteiger charge is -2.21. The Balaban J connectivity index is 2.89. The molecule has 0 bridgehead atoms. The second kappa shape index (κ2) is 6.66.